The van der Waals surface area contributed by atoms with Gasteiger partial charge in [0.15, 0.2) is 34.0 Å². The molecular formula is C64H56F12N2O16. The molecule has 0 bridgehead atoms. The number of nitrogen functional groups attached to an aromatic ring is 2. The maximum absolute atomic E-state index is 14.2. The fourth-order valence-electron chi connectivity index (χ4n) is 10.1. The van der Waals surface area contributed by atoms with E-state index >= 15 is 0 Å². The van der Waals surface area contributed by atoms with Crippen LogP contribution in [0.4, 0.5) is 64.1 Å². The number of carbonyl (C=O) groups excluding carboxylic acids is 4. The molecule has 0 aliphatic heterocycles. The predicted molar refractivity (Wildman–Crippen MR) is 313 cm³/mol. The number of carboxylic acids is 1. The van der Waals surface area contributed by atoms with Crippen molar-refractivity contribution in [3.8, 4) is 22.3 Å². The Morgan fingerprint density at radius 3 is 1.09 bits per heavy atom. The number of ketones is 2. The second-order valence-electron chi connectivity index (χ2n) is 22.4. The van der Waals surface area contributed by atoms with Crippen molar-refractivity contribution in [1.29, 1.82) is 0 Å². The zero-order valence-electron chi connectivity index (χ0n) is 50.8. The Labute approximate surface area is 522 Å². The van der Waals surface area contributed by atoms with E-state index in [-0.39, 0.29) is 95.6 Å². The Hall–Kier alpha value is -9.61. The Kier molecular flexibility index (Phi) is 21.1. The third-order valence-corrected chi connectivity index (χ3v) is 15.7. The summed E-state index contributed by atoms with van der Waals surface area (Å²) < 4.78 is 172. The van der Waals surface area contributed by atoms with E-state index in [0.717, 1.165) is 48.5 Å². The molecule has 0 radical (unpaired) electrons. The highest BCUT2D eigenvalue weighted by molar-refractivity contribution is 6.08. The Morgan fingerprint density at radius 2 is 0.745 bits per heavy atom. The second-order valence-corrected chi connectivity index (χ2v) is 22.4. The van der Waals surface area contributed by atoms with Gasteiger partial charge in [0.1, 0.15) is 0 Å². The lowest BCUT2D eigenvalue weighted by molar-refractivity contribution is -0.259. The zero-order valence-corrected chi connectivity index (χ0v) is 50.8. The van der Waals surface area contributed by atoms with Gasteiger partial charge in [-0.2, -0.15) is 62.3 Å². The first-order chi connectivity index (χ1) is 42.8. The topological polar surface area (TPSA) is 333 Å². The first-order valence-electron chi connectivity index (χ1n) is 27.1. The summed E-state index contributed by atoms with van der Waals surface area (Å²) in [6.45, 7) is 11.0. The molecule has 0 aliphatic carbocycles. The summed E-state index contributed by atoms with van der Waals surface area (Å²) in [5, 5.41) is 50.8. The zero-order chi connectivity index (χ0) is 72.0. The normalized spacial score (nSPS) is 14.5. The summed E-state index contributed by atoms with van der Waals surface area (Å²) in [4.78, 5) is 98.2. The summed E-state index contributed by atoms with van der Waals surface area (Å²) in [7, 11) is 0. The van der Waals surface area contributed by atoms with Crippen LogP contribution in [0.1, 0.15) is 128 Å². The predicted octanol–water partition coefficient (Wildman–Crippen LogP) is 11.1. The first kappa shape index (κ1) is 75.1. The van der Waals surface area contributed by atoms with Crippen LogP contribution in [0.3, 0.4) is 0 Å². The summed E-state index contributed by atoms with van der Waals surface area (Å²) in [5.74, 6) is -2.79. The lowest BCUT2D eigenvalue weighted by Crippen LogP contribution is -2.40. The number of carbonyl (C=O) groups is 3. The van der Waals surface area contributed by atoms with Crippen molar-refractivity contribution in [2.24, 2.45) is 0 Å². The summed E-state index contributed by atoms with van der Waals surface area (Å²) >= 11 is 0. The van der Waals surface area contributed by atoms with Gasteiger partial charge in [0, 0.05) is 46.5 Å². The maximum atomic E-state index is 14.2. The molecule has 0 saturated heterocycles. The van der Waals surface area contributed by atoms with E-state index in [2.05, 4.69) is 8.83 Å². The third kappa shape index (κ3) is 14.6. The standard InChI is InChI=1S/C33H32F6O6.C20H22F6N2O2.C10H2O6.CO2/c1-7-27(40)21-9-8-19(12-24(21)29(42)43)28(41)13-20-11-17(3)23(15-26(20)31(6,45)33(37,38)39)22-14-25(18(4)10-16(22)2)30(5,44)32(34,35)36;1-9-5-15(27)13(17(3,29)19(21,22)23)7-11(9)12-8-14(16(28)6-10(12)2)18(4,30)20(24,25)26;11-7-3-1-4-6(10(14)16-8(4)12)2-5(3)9(13)15-7;2-1-3/h8-12,14-15,44-45H,7,13H2,1-6H3,(H,42,43);5-8,29-30H,27-28H2,1-4H3;1-2H;. The number of aryl methyl sites for hydroxylation is 5. The molecule has 4 atom stereocenters. The molecule has 6 aromatic carbocycles. The number of furan rings is 2. The molecule has 8 rings (SSSR count). The molecule has 4 unspecified atom stereocenters. The number of hydrogen-bond donors (Lipinski definition) is 7. The maximum Gasteiger partial charge on any atom is 0.421 e. The minimum absolute atomic E-state index is 0.00914. The van der Waals surface area contributed by atoms with Crippen molar-refractivity contribution in [3.05, 3.63) is 193 Å². The van der Waals surface area contributed by atoms with Gasteiger partial charge in [-0.1, -0.05) is 25.1 Å². The minimum atomic E-state index is -5.25. The highest BCUT2D eigenvalue weighted by Crippen LogP contribution is 2.48. The third-order valence-electron chi connectivity index (χ3n) is 15.7. The monoisotopic (exact) mass is 1340 g/mol. The first-order valence-corrected chi connectivity index (χ1v) is 27.1. The SMILES string of the molecule is CCC(=O)c1ccc(C(=O)Cc2cc(C)c(-c3cc(C(C)(O)C(F)(F)F)c(C)cc3C)cc2C(C)(O)C(F)(F)F)cc1C(=O)O.Cc1cc(N)c(C(C)(O)C(F)(F)F)cc1-c1cc(C(C)(O)C(F)(F)F)c(N)cc1C.O=C=O.O=c1oc(=O)c2cc3c(=O)oc(=O)c3cc12. The fourth-order valence-corrected chi connectivity index (χ4v) is 10.1. The number of benzene rings is 6. The summed E-state index contributed by atoms with van der Waals surface area (Å²) in [6, 6.07) is 14.5. The number of aliphatic hydroxyl groups is 4. The van der Waals surface area contributed by atoms with E-state index < -0.39 is 121 Å². The number of halogens is 12. The lowest BCUT2D eigenvalue weighted by Gasteiger charge is -2.31. The van der Waals surface area contributed by atoms with Gasteiger partial charge < -0.3 is 45.8 Å². The largest absolute Gasteiger partial charge is 0.478 e. The number of rotatable bonds is 12. The molecule has 2 aromatic heterocycles. The van der Waals surface area contributed by atoms with E-state index in [9.17, 15) is 112 Å². The molecule has 502 valence electrons. The van der Waals surface area contributed by atoms with Gasteiger partial charge in [0.25, 0.3) is 0 Å². The highest BCUT2D eigenvalue weighted by Gasteiger charge is 2.55. The number of fused-ring (bicyclic) bond motifs is 2. The Morgan fingerprint density at radius 1 is 0.436 bits per heavy atom. The van der Waals surface area contributed by atoms with Crippen molar-refractivity contribution in [2.75, 3.05) is 11.5 Å². The van der Waals surface area contributed by atoms with Crippen LogP contribution in [0.25, 0.3) is 43.8 Å². The van der Waals surface area contributed by atoms with Crippen molar-refractivity contribution >= 4 is 56.6 Å². The van der Waals surface area contributed by atoms with Crippen LogP contribution < -0.4 is 34.0 Å². The summed E-state index contributed by atoms with van der Waals surface area (Å²) in [5.41, 5.74) is -7.78. The minimum Gasteiger partial charge on any atom is -0.478 e. The van der Waals surface area contributed by atoms with E-state index in [1.165, 1.54) is 71.9 Å². The molecule has 94 heavy (non-hydrogen) atoms. The van der Waals surface area contributed by atoms with Gasteiger partial charge in [-0.05, 0) is 190 Å². The van der Waals surface area contributed by atoms with E-state index in [1.807, 2.05) is 0 Å². The van der Waals surface area contributed by atoms with Gasteiger partial charge >= 0.3 is 59.3 Å². The van der Waals surface area contributed by atoms with Crippen LogP contribution >= 0.6 is 0 Å². The van der Waals surface area contributed by atoms with Crippen LogP contribution in [-0.2, 0) is 38.4 Å². The van der Waals surface area contributed by atoms with Crippen LogP contribution in [0.15, 0.2) is 107 Å². The van der Waals surface area contributed by atoms with Gasteiger partial charge in [-0.15, -0.1) is 0 Å². The van der Waals surface area contributed by atoms with Gasteiger partial charge in [0.05, 0.1) is 27.1 Å². The summed E-state index contributed by atoms with van der Waals surface area (Å²) in [6.07, 6.45) is -20.9. The number of nitrogens with two attached hydrogens (primary N) is 2. The molecule has 0 aliphatic rings. The molecule has 9 N–H and O–H groups in total. The van der Waals surface area contributed by atoms with Crippen molar-refractivity contribution in [3.63, 3.8) is 0 Å². The smallest absolute Gasteiger partial charge is 0.421 e. The van der Waals surface area contributed by atoms with Crippen molar-refractivity contribution < 1.29 is 111 Å². The van der Waals surface area contributed by atoms with Crippen LogP contribution in [-0.4, -0.2) is 73.9 Å². The van der Waals surface area contributed by atoms with Crippen molar-refractivity contribution in [2.45, 2.75) is 129 Å². The number of carboxylic acid groups (broad SMARTS) is 1. The van der Waals surface area contributed by atoms with Gasteiger partial charge in [0.2, 0.25) is 0 Å². The number of Topliss-reactive ketones (excluding diaryl/α,β-unsaturated/α-hetero) is 2. The Balaban J connectivity index is 0.000000277. The van der Waals surface area contributed by atoms with Gasteiger partial charge in [-0.3, -0.25) is 9.59 Å². The van der Waals surface area contributed by atoms with E-state index in [0.29, 0.717) is 44.4 Å². The number of anilines is 2. The second kappa shape index (κ2) is 26.4. The molecule has 8 aromatic rings. The quantitative estimate of drug-likeness (QED) is 0.0339. The Bertz CT molecular complexity index is 4350. The molecule has 18 nitrogen and oxygen atoms in total. The molecular weight excluding hydrogens is 1280 g/mol. The molecule has 30 heteroatoms. The number of hydrogen-bond acceptors (Lipinski definition) is 17. The highest BCUT2D eigenvalue weighted by atomic mass is 19.4. The lowest BCUT2D eigenvalue weighted by atomic mass is 9.81. The number of alkyl halides is 12. The molecule has 2 heterocycles. The van der Waals surface area contributed by atoms with Crippen LogP contribution in [0.2, 0.25) is 0 Å². The average molecular weight is 1340 g/mol. The fraction of sp³-hybridized carbons (Fsp3) is 0.312. The van der Waals surface area contributed by atoms with Crippen LogP contribution in [0, 0.1) is 34.6 Å². The molecule has 0 saturated carbocycles. The molecule has 0 fully saturated rings. The molecule has 0 amide bonds. The van der Waals surface area contributed by atoms with E-state index in [1.54, 1.807) is 0 Å². The van der Waals surface area contributed by atoms with Crippen LogP contribution in [0.5, 0.6) is 0 Å². The van der Waals surface area contributed by atoms with E-state index in [4.69, 9.17) is 21.1 Å². The molecule has 0 spiro atoms. The average Bonchev–Trinajstić information content (AvgIpc) is 0.862. The number of aromatic carboxylic acids is 1. The van der Waals surface area contributed by atoms with Gasteiger partial charge in [-0.25, -0.2) is 24.0 Å². The van der Waals surface area contributed by atoms with Crippen molar-refractivity contribution in [1.82, 2.24) is 0 Å².